The number of benzene rings is 1. The maximum atomic E-state index is 13.2. The zero-order valence-electron chi connectivity index (χ0n) is 12.2. The van der Waals surface area contributed by atoms with Crippen LogP contribution in [0.3, 0.4) is 0 Å². The molecule has 1 saturated carbocycles. The second-order valence-electron chi connectivity index (χ2n) is 5.47. The molecule has 2 aliphatic rings. The number of nitrogens with one attached hydrogen (secondary N) is 2. The lowest BCUT2D eigenvalue weighted by Crippen LogP contribution is -2.34. The monoisotopic (exact) mass is 357 g/mol. The summed E-state index contributed by atoms with van der Waals surface area (Å²) in [6, 6.07) is 3.66. The van der Waals surface area contributed by atoms with E-state index in [1.807, 2.05) is 0 Å². The molecule has 1 aromatic rings. The van der Waals surface area contributed by atoms with Crippen LogP contribution in [0, 0.1) is 5.82 Å². The van der Waals surface area contributed by atoms with Crippen molar-refractivity contribution in [3.05, 3.63) is 24.0 Å². The van der Waals surface area contributed by atoms with Gasteiger partial charge < -0.3 is 10.6 Å². The lowest BCUT2D eigenvalue weighted by molar-refractivity contribution is -0.119. The van der Waals surface area contributed by atoms with Crippen molar-refractivity contribution in [3.8, 4) is 0 Å². The van der Waals surface area contributed by atoms with E-state index in [0.29, 0.717) is 0 Å². The van der Waals surface area contributed by atoms with E-state index in [1.165, 1.54) is 12.1 Å². The van der Waals surface area contributed by atoms with Gasteiger partial charge in [-0.1, -0.05) is 24.6 Å². The summed E-state index contributed by atoms with van der Waals surface area (Å²) >= 11 is 1.01. The van der Waals surface area contributed by atoms with Gasteiger partial charge in [0.2, 0.25) is 5.91 Å². The smallest absolute Gasteiger partial charge is 0.286 e. The van der Waals surface area contributed by atoms with Crippen LogP contribution in [0.25, 0.3) is 0 Å². The highest BCUT2D eigenvalue weighted by molar-refractivity contribution is 8.15. The maximum absolute atomic E-state index is 13.2. The van der Waals surface area contributed by atoms with Crippen molar-refractivity contribution in [2.24, 2.45) is 4.40 Å². The second kappa shape index (κ2) is 6.48. The maximum Gasteiger partial charge on any atom is 0.286 e. The molecular weight excluding hydrogens is 341 g/mol. The molecule has 9 heteroatoms. The second-order valence-corrected chi connectivity index (χ2v) is 8.01. The van der Waals surface area contributed by atoms with Crippen LogP contribution in [-0.2, 0) is 14.8 Å². The molecule has 1 amide bonds. The van der Waals surface area contributed by atoms with E-state index in [9.17, 15) is 17.6 Å². The van der Waals surface area contributed by atoms with Gasteiger partial charge in [-0.15, -0.1) is 4.40 Å². The van der Waals surface area contributed by atoms with Gasteiger partial charge in [-0.2, -0.15) is 8.42 Å². The van der Waals surface area contributed by atoms with Gasteiger partial charge in [0, 0.05) is 6.04 Å². The van der Waals surface area contributed by atoms with Crippen LogP contribution in [0.15, 0.2) is 27.5 Å². The van der Waals surface area contributed by atoms with Gasteiger partial charge in [0.1, 0.15) is 10.7 Å². The predicted molar refractivity (Wildman–Crippen MR) is 87.5 cm³/mol. The number of fused-ring (bicyclic) bond motifs is 1. The van der Waals surface area contributed by atoms with Gasteiger partial charge in [-0.05, 0) is 31.0 Å². The highest BCUT2D eigenvalue weighted by atomic mass is 32.2. The first-order valence-corrected chi connectivity index (χ1v) is 9.70. The standard InChI is InChI=1S/C14H16FN3O3S2/c15-9-5-6-11-12(7-9)23(20,21)18-14(17-11)22-8-13(19)16-10-3-1-2-4-10/h5-7,10H,1-4,8H2,(H,16,19)(H,17,18). The first kappa shape index (κ1) is 16.3. The average Bonchev–Trinajstić information content (AvgIpc) is 2.98. The third kappa shape index (κ3) is 3.84. The van der Waals surface area contributed by atoms with E-state index >= 15 is 0 Å². The summed E-state index contributed by atoms with van der Waals surface area (Å²) in [6.07, 6.45) is 4.22. The molecule has 3 rings (SSSR count). The van der Waals surface area contributed by atoms with Crippen molar-refractivity contribution in [3.63, 3.8) is 0 Å². The van der Waals surface area contributed by atoms with Gasteiger partial charge in [-0.3, -0.25) is 4.79 Å². The molecule has 1 aromatic carbocycles. The van der Waals surface area contributed by atoms with Crippen LogP contribution in [0.1, 0.15) is 25.7 Å². The van der Waals surface area contributed by atoms with Gasteiger partial charge in [-0.25, -0.2) is 4.39 Å². The van der Waals surface area contributed by atoms with Crippen LogP contribution in [-0.4, -0.2) is 31.3 Å². The number of amides is 1. The molecule has 0 saturated heterocycles. The van der Waals surface area contributed by atoms with Crippen LogP contribution in [0.4, 0.5) is 10.1 Å². The topological polar surface area (TPSA) is 87.6 Å². The summed E-state index contributed by atoms with van der Waals surface area (Å²) in [5, 5.41) is 5.86. The Morgan fingerprint density at radius 1 is 1.39 bits per heavy atom. The van der Waals surface area contributed by atoms with Crippen molar-refractivity contribution in [1.29, 1.82) is 0 Å². The zero-order chi connectivity index (χ0) is 16.4. The van der Waals surface area contributed by atoms with E-state index in [-0.39, 0.29) is 33.5 Å². The number of hydrogen-bond acceptors (Lipinski definition) is 5. The normalized spacial score (nSPS) is 19.6. The lowest BCUT2D eigenvalue weighted by Gasteiger charge is -2.18. The van der Waals surface area contributed by atoms with E-state index < -0.39 is 15.8 Å². The van der Waals surface area contributed by atoms with Crippen LogP contribution < -0.4 is 10.6 Å². The number of carbonyl (C=O) groups is 1. The van der Waals surface area contributed by atoms with Crippen molar-refractivity contribution in [2.45, 2.75) is 36.6 Å². The van der Waals surface area contributed by atoms with E-state index in [2.05, 4.69) is 15.0 Å². The summed E-state index contributed by atoms with van der Waals surface area (Å²) in [5.74, 6) is -0.709. The molecule has 124 valence electrons. The Morgan fingerprint density at radius 3 is 2.87 bits per heavy atom. The molecule has 23 heavy (non-hydrogen) atoms. The fraction of sp³-hybridized carbons (Fsp3) is 0.429. The van der Waals surface area contributed by atoms with Crippen LogP contribution >= 0.6 is 11.8 Å². The van der Waals surface area contributed by atoms with E-state index in [0.717, 1.165) is 43.5 Å². The summed E-state index contributed by atoms with van der Waals surface area (Å²) in [4.78, 5) is 11.7. The summed E-state index contributed by atoms with van der Waals surface area (Å²) < 4.78 is 40.9. The van der Waals surface area contributed by atoms with E-state index in [4.69, 9.17) is 0 Å². The van der Waals surface area contributed by atoms with Crippen LogP contribution in [0.5, 0.6) is 0 Å². The highest BCUT2D eigenvalue weighted by Gasteiger charge is 2.26. The third-order valence-corrected chi connectivity index (χ3v) is 6.03. The van der Waals surface area contributed by atoms with Gasteiger partial charge in [0.15, 0.2) is 5.17 Å². The summed E-state index contributed by atoms with van der Waals surface area (Å²) in [6.45, 7) is 0. The molecule has 0 spiro atoms. The molecule has 1 aliphatic carbocycles. The zero-order valence-corrected chi connectivity index (χ0v) is 13.8. The summed E-state index contributed by atoms with van der Waals surface area (Å²) in [5.41, 5.74) is 0.264. The lowest BCUT2D eigenvalue weighted by atomic mass is 10.2. The Hall–Kier alpha value is -1.61. The number of carbonyl (C=O) groups excluding carboxylic acids is 1. The number of hydrogen-bond donors (Lipinski definition) is 2. The predicted octanol–water partition coefficient (Wildman–Crippen LogP) is 2.09. The molecule has 0 bridgehead atoms. The van der Waals surface area contributed by atoms with Gasteiger partial charge in [0.25, 0.3) is 10.0 Å². The molecule has 1 fully saturated rings. The van der Waals surface area contributed by atoms with Crippen molar-refractivity contribution < 1.29 is 17.6 Å². The Labute approximate surface area is 138 Å². The number of thioether (sulfide) groups is 1. The fourth-order valence-corrected chi connectivity index (χ4v) is 4.70. The number of amidine groups is 1. The summed E-state index contributed by atoms with van der Waals surface area (Å²) in [7, 11) is -3.95. The third-order valence-electron chi connectivity index (χ3n) is 3.73. The number of rotatable bonds is 3. The SMILES string of the molecule is O=C(CSC1=NS(=O)(=O)c2cc(F)ccc2N1)NC1CCCC1. The highest BCUT2D eigenvalue weighted by Crippen LogP contribution is 2.30. The number of halogens is 1. The molecule has 2 N–H and O–H groups in total. The molecule has 1 aliphatic heterocycles. The van der Waals surface area contributed by atoms with Crippen molar-refractivity contribution in [2.75, 3.05) is 11.1 Å². The molecule has 1 heterocycles. The minimum Gasteiger partial charge on any atom is -0.353 e. The minimum atomic E-state index is -3.95. The Balaban J connectivity index is 1.64. The van der Waals surface area contributed by atoms with Crippen LogP contribution in [0.2, 0.25) is 0 Å². The first-order valence-electron chi connectivity index (χ1n) is 7.28. The molecular formula is C14H16FN3O3S2. The number of nitrogens with zero attached hydrogens (tertiary/aromatic N) is 1. The quantitative estimate of drug-likeness (QED) is 0.865. The largest absolute Gasteiger partial charge is 0.353 e. The first-order chi connectivity index (χ1) is 10.9. The molecule has 6 nitrogen and oxygen atoms in total. The minimum absolute atomic E-state index is 0.0778. The van der Waals surface area contributed by atoms with Crippen molar-refractivity contribution in [1.82, 2.24) is 5.32 Å². The van der Waals surface area contributed by atoms with Gasteiger partial charge >= 0.3 is 0 Å². The molecule has 0 atom stereocenters. The molecule has 0 unspecified atom stereocenters. The Bertz CT molecular complexity index is 759. The average molecular weight is 357 g/mol. The van der Waals surface area contributed by atoms with Crippen molar-refractivity contribution >= 4 is 38.5 Å². The fourth-order valence-electron chi connectivity index (χ4n) is 2.65. The molecule has 0 aromatic heterocycles. The van der Waals surface area contributed by atoms with Gasteiger partial charge in [0.05, 0.1) is 11.4 Å². The number of anilines is 1. The Kier molecular flexibility index (Phi) is 4.58. The number of sulfonamides is 1. The Morgan fingerprint density at radius 2 is 2.13 bits per heavy atom. The molecule has 0 radical (unpaired) electrons. The van der Waals surface area contributed by atoms with E-state index in [1.54, 1.807) is 0 Å².